The maximum atomic E-state index is 12.5. The number of hydrogen-bond acceptors (Lipinski definition) is 5. The van der Waals surface area contributed by atoms with Crippen molar-refractivity contribution in [2.75, 3.05) is 23.5 Å². The Morgan fingerprint density at radius 3 is 2.36 bits per heavy atom. The molecule has 0 fully saturated rings. The molecule has 0 radical (unpaired) electrons. The van der Waals surface area contributed by atoms with Gasteiger partial charge in [0, 0.05) is 0 Å². The quantitative estimate of drug-likeness (QED) is 0.521. The molecular weight excluding hydrogens is 433 g/mol. The van der Waals surface area contributed by atoms with Gasteiger partial charge in [-0.3, -0.25) is 0 Å². The molecule has 0 aliphatic rings. The molecule has 1 aromatic heterocycles. The standard InChI is InChI=1S/C17H26IN5O2/c1-18(19,15-16(24)22(4)17(25)23(5)20-15)12-14(21(2)3)11-13-9-7-6-8-10-13/h6-10,14,19H,11-12H2,1-5H3. The molecule has 7 nitrogen and oxygen atoms in total. The SMILES string of the molecule is CN(C)C(Cc1ccccc1)CI(C)(=N)c1nn(C)c(=O)n(C)c1=O. The van der Waals surface area contributed by atoms with Gasteiger partial charge in [0.05, 0.1) is 0 Å². The van der Waals surface area contributed by atoms with Crippen LogP contribution in [0.4, 0.5) is 0 Å². The average Bonchev–Trinajstić information content (AvgIpc) is 2.56. The van der Waals surface area contributed by atoms with Crippen molar-refractivity contribution in [2.45, 2.75) is 12.5 Å². The van der Waals surface area contributed by atoms with Crippen LogP contribution >= 0.6 is 18.3 Å². The van der Waals surface area contributed by atoms with Gasteiger partial charge < -0.3 is 0 Å². The minimum atomic E-state index is -3.38. The fourth-order valence-electron chi connectivity index (χ4n) is 2.61. The fraction of sp³-hybridized carbons (Fsp3) is 0.471. The number of nitrogens with zero attached hydrogens (tertiary/aromatic N) is 4. The van der Waals surface area contributed by atoms with Crippen LogP contribution in [0.25, 0.3) is 0 Å². The molecule has 1 aromatic carbocycles. The van der Waals surface area contributed by atoms with E-state index in [1.807, 2.05) is 37.2 Å². The molecule has 0 amide bonds. The van der Waals surface area contributed by atoms with Gasteiger partial charge >= 0.3 is 152 Å². The number of hydrogen-bond donors (Lipinski definition) is 1. The molecule has 0 bridgehead atoms. The zero-order valence-electron chi connectivity index (χ0n) is 15.4. The first-order valence-corrected chi connectivity index (χ1v) is 13.7. The third-order valence-corrected chi connectivity index (χ3v) is 9.92. The normalized spacial score (nSPS) is 16.4. The van der Waals surface area contributed by atoms with Crippen LogP contribution in [0.5, 0.6) is 0 Å². The van der Waals surface area contributed by atoms with E-state index in [2.05, 4.69) is 22.1 Å². The fourth-order valence-corrected chi connectivity index (χ4v) is 8.34. The molecule has 138 valence electrons. The van der Waals surface area contributed by atoms with E-state index in [1.54, 1.807) is 0 Å². The number of alkyl halides is 2. The Morgan fingerprint density at radius 1 is 1.20 bits per heavy atom. The summed E-state index contributed by atoms with van der Waals surface area (Å²) in [5, 5.41) is 4.17. The number of aromatic nitrogens is 3. The molecule has 1 N–H and O–H groups in total. The summed E-state index contributed by atoms with van der Waals surface area (Å²) in [7, 11) is 6.96. The molecule has 8 heteroatoms. The summed E-state index contributed by atoms with van der Waals surface area (Å²) in [5.41, 5.74) is 0.327. The van der Waals surface area contributed by atoms with E-state index in [4.69, 9.17) is 3.56 Å². The van der Waals surface area contributed by atoms with E-state index in [0.717, 1.165) is 15.7 Å². The Labute approximate surface area is 151 Å². The molecule has 2 atom stereocenters. The predicted octanol–water partition coefficient (Wildman–Crippen LogP) is 1.26. The molecule has 0 saturated heterocycles. The number of halogens is 1. The van der Waals surface area contributed by atoms with Gasteiger partial charge in [0.2, 0.25) is 0 Å². The van der Waals surface area contributed by atoms with Crippen LogP contribution in [0.15, 0.2) is 39.9 Å². The van der Waals surface area contributed by atoms with E-state index in [0.29, 0.717) is 4.43 Å². The Morgan fingerprint density at radius 2 is 1.80 bits per heavy atom. The molecule has 2 rings (SSSR count). The summed E-state index contributed by atoms with van der Waals surface area (Å²) in [4.78, 5) is 28.3. The molecule has 2 unspecified atom stereocenters. The molecule has 1 heterocycles. The van der Waals surface area contributed by atoms with Gasteiger partial charge in [0.15, 0.2) is 0 Å². The van der Waals surface area contributed by atoms with Crippen molar-refractivity contribution >= 4 is 18.3 Å². The number of aryl methyl sites for hydroxylation is 1. The van der Waals surface area contributed by atoms with Crippen LogP contribution in [0.3, 0.4) is 0 Å². The second-order valence-corrected chi connectivity index (χ2v) is 14.2. The zero-order valence-corrected chi connectivity index (χ0v) is 17.5. The molecule has 0 aliphatic heterocycles. The molecule has 0 saturated carbocycles. The number of rotatable bonds is 6. The van der Waals surface area contributed by atoms with Crippen molar-refractivity contribution in [1.29, 1.82) is 3.56 Å². The van der Waals surface area contributed by atoms with Crippen LogP contribution in [0, 0.1) is 7.26 Å². The van der Waals surface area contributed by atoms with Gasteiger partial charge in [0.25, 0.3) is 0 Å². The first-order valence-electron chi connectivity index (χ1n) is 7.90. The van der Waals surface area contributed by atoms with Crippen molar-refractivity contribution < 1.29 is 0 Å². The first-order chi connectivity index (χ1) is 11.6. The summed E-state index contributed by atoms with van der Waals surface area (Å²) in [6, 6.07) is 10.3. The maximum absolute atomic E-state index is 12.5. The van der Waals surface area contributed by atoms with E-state index < -0.39 is 29.5 Å². The third-order valence-electron chi connectivity index (χ3n) is 4.21. The van der Waals surface area contributed by atoms with E-state index in [1.165, 1.54) is 19.7 Å². The Balaban J connectivity index is 2.37. The van der Waals surface area contributed by atoms with Gasteiger partial charge in [-0.15, -0.1) is 0 Å². The second-order valence-electron chi connectivity index (χ2n) is 6.53. The van der Waals surface area contributed by atoms with Gasteiger partial charge in [-0.05, 0) is 0 Å². The summed E-state index contributed by atoms with van der Waals surface area (Å²) in [5.74, 6) is 0. The van der Waals surface area contributed by atoms with E-state index >= 15 is 0 Å². The molecule has 0 aliphatic carbocycles. The molecule has 25 heavy (non-hydrogen) atoms. The van der Waals surface area contributed by atoms with Crippen molar-refractivity contribution in [2.24, 2.45) is 14.1 Å². The van der Waals surface area contributed by atoms with Crippen LogP contribution in [0.1, 0.15) is 5.56 Å². The van der Waals surface area contributed by atoms with Crippen molar-refractivity contribution in [3.63, 3.8) is 0 Å². The topological polar surface area (TPSA) is 84.0 Å². The summed E-state index contributed by atoms with van der Waals surface area (Å²) >= 11 is -3.38. The predicted molar refractivity (Wildman–Crippen MR) is 109 cm³/mol. The van der Waals surface area contributed by atoms with Gasteiger partial charge in [0.1, 0.15) is 0 Å². The van der Waals surface area contributed by atoms with Crippen LogP contribution in [-0.4, -0.2) is 48.7 Å². The van der Waals surface area contributed by atoms with Gasteiger partial charge in [-0.2, -0.15) is 0 Å². The average molecular weight is 459 g/mol. The Hall–Kier alpha value is -1.68. The summed E-state index contributed by atoms with van der Waals surface area (Å²) < 4.78 is 12.0. The van der Waals surface area contributed by atoms with Crippen LogP contribution in [-0.2, 0) is 20.5 Å². The monoisotopic (exact) mass is 459 g/mol. The summed E-state index contributed by atoms with van der Waals surface area (Å²) in [6.07, 6.45) is 0.817. The molecule has 2 aromatic rings. The number of benzene rings is 1. The van der Waals surface area contributed by atoms with Crippen LogP contribution in [0.2, 0.25) is 0 Å². The number of likely N-dealkylation sites (N-methyl/N-ethyl adjacent to an activating group) is 1. The van der Waals surface area contributed by atoms with Crippen molar-refractivity contribution in [3.05, 3.63) is 60.4 Å². The van der Waals surface area contributed by atoms with E-state index in [9.17, 15) is 9.59 Å². The third kappa shape index (κ3) is 4.49. The second kappa shape index (κ2) is 7.69. The minimum absolute atomic E-state index is 0.144. The van der Waals surface area contributed by atoms with E-state index in [-0.39, 0.29) is 9.74 Å². The van der Waals surface area contributed by atoms with Gasteiger partial charge in [-0.1, -0.05) is 0 Å². The zero-order chi connectivity index (χ0) is 18.8. The van der Waals surface area contributed by atoms with Gasteiger partial charge in [-0.25, -0.2) is 0 Å². The number of nitrogens with one attached hydrogen (secondary N) is 1. The Kier molecular flexibility index (Phi) is 6.04. The molecular formula is C17H26IN5O2. The summed E-state index contributed by atoms with van der Waals surface area (Å²) in [6.45, 7) is 0. The first kappa shape index (κ1) is 19.6. The molecule has 0 spiro atoms. The Bertz CT molecular complexity index is 901. The van der Waals surface area contributed by atoms with Crippen LogP contribution < -0.4 is 11.2 Å². The van der Waals surface area contributed by atoms with Crippen molar-refractivity contribution in [3.8, 4) is 0 Å². The van der Waals surface area contributed by atoms with Crippen molar-refractivity contribution in [1.82, 2.24) is 19.2 Å².